The van der Waals surface area contributed by atoms with Gasteiger partial charge in [-0.2, -0.15) is 0 Å². The molecule has 1 aliphatic heterocycles. The lowest BCUT2D eigenvalue weighted by Gasteiger charge is -2.20. The van der Waals surface area contributed by atoms with Crippen molar-refractivity contribution >= 4 is 5.91 Å². The molecule has 116 valence electrons. The van der Waals surface area contributed by atoms with E-state index in [2.05, 4.69) is 12.2 Å². The molecule has 0 aromatic heterocycles. The van der Waals surface area contributed by atoms with E-state index in [1.807, 2.05) is 36.2 Å². The molecule has 1 aliphatic rings. The minimum atomic E-state index is 0.101. The van der Waals surface area contributed by atoms with Crippen molar-refractivity contribution in [1.82, 2.24) is 10.2 Å². The van der Waals surface area contributed by atoms with Crippen molar-refractivity contribution in [2.45, 2.75) is 38.6 Å². The predicted molar refractivity (Wildman–Crippen MR) is 84.5 cm³/mol. The third kappa shape index (κ3) is 4.74. The second kappa shape index (κ2) is 8.03. The van der Waals surface area contributed by atoms with Crippen LogP contribution in [-0.4, -0.2) is 37.6 Å². The number of likely N-dealkylation sites (tertiary alicyclic amines) is 1. The average Bonchev–Trinajstić information content (AvgIpc) is 2.81. The van der Waals surface area contributed by atoms with Crippen molar-refractivity contribution in [3.05, 3.63) is 29.8 Å². The molecule has 1 saturated heterocycles. The van der Waals surface area contributed by atoms with Gasteiger partial charge in [-0.1, -0.05) is 25.0 Å². The summed E-state index contributed by atoms with van der Waals surface area (Å²) in [4.78, 5) is 14.1. The molecule has 0 radical (unpaired) electrons. The molecular weight excluding hydrogens is 264 g/mol. The molecule has 2 rings (SSSR count). The third-order valence-electron chi connectivity index (χ3n) is 4.13. The lowest BCUT2D eigenvalue weighted by atomic mass is 10.1. The van der Waals surface area contributed by atoms with E-state index in [1.54, 1.807) is 0 Å². The van der Waals surface area contributed by atoms with Crippen molar-refractivity contribution in [3.63, 3.8) is 0 Å². The molecule has 1 unspecified atom stereocenters. The maximum absolute atomic E-state index is 12.1. The zero-order chi connectivity index (χ0) is 15.1. The molecule has 1 heterocycles. The van der Waals surface area contributed by atoms with E-state index in [-0.39, 0.29) is 12.5 Å². The molecule has 1 amide bonds. The Bertz CT molecular complexity index is 437. The van der Waals surface area contributed by atoms with Gasteiger partial charge >= 0.3 is 0 Å². The number of hydrogen-bond acceptors (Lipinski definition) is 3. The van der Waals surface area contributed by atoms with Crippen LogP contribution in [0.1, 0.15) is 44.2 Å². The highest BCUT2D eigenvalue weighted by molar-refractivity contribution is 5.77. The van der Waals surface area contributed by atoms with Crippen LogP contribution < -0.4 is 10.1 Å². The summed E-state index contributed by atoms with van der Waals surface area (Å²) in [5.74, 6) is 0.856. The zero-order valence-corrected chi connectivity index (χ0v) is 13.1. The van der Waals surface area contributed by atoms with Crippen molar-refractivity contribution in [1.29, 1.82) is 0 Å². The van der Waals surface area contributed by atoms with E-state index in [4.69, 9.17) is 4.74 Å². The van der Waals surface area contributed by atoms with Gasteiger partial charge in [0.05, 0.1) is 0 Å². The van der Waals surface area contributed by atoms with E-state index < -0.39 is 0 Å². The summed E-state index contributed by atoms with van der Waals surface area (Å²) in [6, 6.07) is 8.25. The lowest BCUT2D eigenvalue weighted by Crippen LogP contribution is -2.35. The van der Waals surface area contributed by atoms with E-state index in [9.17, 15) is 4.79 Å². The van der Waals surface area contributed by atoms with Gasteiger partial charge in [0.2, 0.25) is 0 Å². The number of rotatable bonds is 5. The minimum absolute atomic E-state index is 0.101. The molecule has 0 saturated carbocycles. The highest BCUT2D eigenvalue weighted by Crippen LogP contribution is 2.17. The van der Waals surface area contributed by atoms with Crippen molar-refractivity contribution < 1.29 is 9.53 Å². The van der Waals surface area contributed by atoms with Gasteiger partial charge in [0.1, 0.15) is 5.75 Å². The summed E-state index contributed by atoms with van der Waals surface area (Å²) in [5, 5.41) is 3.20. The molecule has 0 aliphatic carbocycles. The number of nitrogens with zero attached hydrogens (tertiary/aromatic N) is 1. The number of carbonyl (C=O) groups is 1. The van der Waals surface area contributed by atoms with Crippen LogP contribution in [0.4, 0.5) is 0 Å². The van der Waals surface area contributed by atoms with Crippen LogP contribution >= 0.6 is 0 Å². The van der Waals surface area contributed by atoms with Crippen LogP contribution in [0.3, 0.4) is 0 Å². The van der Waals surface area contributed by atoms with Crippen LogP contribution in [0, 0.1) is 0 Å². The molecule has 1 atom stereocenters. The fourth-order valence-electron chi connectivity index (χ4n) is 2.58. The summed E-state index contributed by atoms with van der Waals surface area (Å²) >= 11 is 0. The smallest absolute Gasteiger partial charge is 0.260 e. The predicted octanol–water partition coefficient (Wildman–Crippen LogP) is 2.75. The van der Waals surface area contributed by atoms with Gasteiger partial charge in [0.15, 0.2) is 6.61 Å². The molecule has 1 N–H and O–H groups in total. The first-order chi connectivity index (χ1) is 10.2. The topological polar surface area (TPSA) is 41.6 Å². The Kier molecular flexibility index (Phi) is 6.05. The number of ether oxygens (including phenoxy) is 1. The zero-order valence-electron chi connectivity index (χ0n) is 13.1. The first-order valence-electron chi connectivity index (χ1n) is 7.88. The third-order valence-corrected chi connectivity index (χ3v) is 4.13. The van der Waals surface area contributed by atoms with Gasteiger partial charge < -0.3 is 15.0 Å². The summed E-state index contributed by atoms with van der Waals surface area (Å²) in [5.41, 5.74) is 1.21. The van der Waals surface area contributed by atoms with Crippen molar-refractivity contribution in [2.75, 3.05) is 26.7 Å². The summed E-state index contributed by atoms with van der Waals surface area (Å²) in [6.45, 7) is 4.00. The Labute approximate surface area is 127 Å². The van der Waals surface area contributed by atoms with Crippen molar-refractivity contribution in [2.24, 2.45) is 0 Å². The average molecular weight is 290 g/mol. The van der Waals surface area contributed by atoms with Gasteiger partial charge in [-0.05, 0) is 44.5 Å². The van der Waals surface area contributed by atoms with E-state index >= 15 is 0 Å². The summed E-state index contributed by atoms with van der Waals surface area (Å²) in [7, 11) is 1.94. The maximum Gasteiger partial charge on any atom is 0.260 e. The second-order valence-corrected chi connectivity index (χ2v) is 5.66. The second-order valence-electron chi connectivity index (χ2n) is 5.66. The van der Waals surface area contributed by atoms with Crippen LogP contribution in [-0.2, 0) is 4.79 Å². The molecule has 0 bridgehead atoms. The number of benzene rings is 1. The first kappa shape index (κ1) is 15.8. The van der Waals surface area contributed by atoms with Crippen LogP contribution in [0.5, 0.6) is 5.75 Å². The molecule has 1 aromatic rings. The monoisotopic (exact) mass is 290 g/mol. The normalized spacial score (nSPS) is 17.1. The van der Waals surface area contributed by atoms with E-state index in [0.29, 0.717) is 6.04 Å². The SMILES string of the molecule is CNC(C)c1ccc(OCC(=O)N2CCCCCC2)cc1. The summed E-state index contributed by atoms with van der Waals surface area (Å²) in [6.07, 6.45) is 4.69. The van der Waals surface area contributed by atoms with Gasteiger partial charge in [-0.15, -0.1) is 0 Å². The quantitative estimate of drug-likeness (QED) is 0.906. The van der Waals surface area contributed by atoms with E-state index in [0.717, 1.165) is 31.7 Å². The highest BCUT2D eigenvalue weighted by Gasteiger charge is 2.15. The minimum Gasteiger partial charge on any atom is -0.484 e. The molecule has 1 fully saturated rings. The van der Waals surface area contributed by atoms with Gasteiger partial charge in [-0.25, -0.2) is 0 Å². The number of hydrogen-bond donors (Lipinski definition) is 1. The van der Waals surface area contributed by atoms with Crippen molar-refractivity contribution in [3.8, 4) is 5.75 Å². The largest absolute Gasteiger partial charge is 0.484 e. The maximum atomic E-state index is 12.1. The Balaban J connectivity index is 1.83. The van der Waals surface area contributed by atoms with Crippen LogP contribution in [0.25, 0.3) is 0 Å². The van der Waals surface area contributed by atoms with E-state index in [1.165, 1.54) is 18.4 Å². The fraction of sp³-hybridized carbons (Fsp3) is 0.588. The Hall–Kier alpha value is -1.55. The number of carbonyl (C=O) groups excluding carboxylic acids is 1. The lowest BCUT2D eigenvalue weighted by molar-refractivity contribution is -0.133. The first-order valence-corrected chi connectivity index (χ1v) is 7.88. The van der Waals surface area contributed by atoms with Gasteiger partial charge in [0.25, 0.3) is 5.91 Å². The molecular formula is C17H26N2O2. The molecule has 21 heavy (non-hydrogen) atoms. The number of amides is 1. The Morgan fingerprint density at radius 1 is 1.19 bits per heavy atom. The summed E-state index contributed by atoms with van der Waals surface area (Å²) < 4.78 is 5.62. The Morgan fingerprint density at radius 2 is 1.81 bits per heavy atom. The highest BCUT2D eigenvalue weighted by atomic mass is 16.5. The number of nitrogens with one attached hydrogen (secondary N) is 1. The van der Waals surface area contributed by atoms with Crippen LogP contribution in [0.2, 0.25) is 0 Å². The van der Waals surface area contributed by atoms with Gasteiger partial charge in [0, 0.05) is 19.1 Å². The standard InChI is InChI=1S/C17H26N2O2/c1-14(18-2)15-7-9-16(10-8-15)21-13-17(20)19-11-5-3-4-6-12-19/h7-10,14,18H,3-6,11-13H2,1-2H3. The van der Waals surface area contributed by atoms with Crippen LogP contribution in [0.15, 0.2) is 24.3 Å². The molecule has 0 spiro atoms. The fourth-order valence-corrected chi connectivity index (χ4v) is 2.58. The van der Waals surface area contributed by atoms with Gasteiger partial charge in [-0.3, -0.25) is 4.79 Å². The molecule has 1 aromatic carbocycles. The molecule has 4 nitrogen and oxygen atoms in total. The molecule has 4 heteroatoms. The Morgan fingerprint density at radius 3 is 2.38 bits per heavy atom.